The minimum atomic E-state index is -2.99. The third-order valence-corrected chi connectivity index (χ3v) is 4.49. The first-order valence-electron chi connectivity index (χ1n) is 7.89. The Morgan fingerprint density at radius 2 is 1.57 bits per heavy atom. The summed E-state index contributed by atoms with van der Waals surface area (Å²) in [6.45, 7) is 6.42. The van der Waals surface area contributed by atoms with Crippen LogP contribution in [0.2, 0.25) is 0 Å². The smallest absolute Gasteiger partial charge is 0.338 e. The summed E-state index contributed by atoms with van der Waals surface area (Å²) in [7, 11) is -2.99. The highest BCUT2D eigenvalue weighted by molar-refractivity contribution is 7.60. The summed E-state index contributed by atoms with van der Waals surface area (Å²) in [6.07, 6.45) is 1.93. The molecule has 2 aromatic rings. The summed E-state index contributed by atoms with van der Waals surface area (Å²) >= 11 is 0. The van der Waals surface area contributed by atoms with E-state index in [0.29, 0.717) is 12.4 Å². The van der Waals surface area contributed by atoms with Gasteiger partial charge >= 0.3 is 7.52 Å². The van der Waals surface area contributed by atoms with Crippen LogP contribution in [-0.2, 0) is 11.0 Å². The molecule has 1 atom stereocenters. The van der Waals surface area contributed by atoms with Crippen molar-refractivity contribution in [3.63, 3.8) is 0 Å². The van der Waals surface area contributed by atoms with Gasteiger partial charge < -0.3 is 14.3 Å². The molecule has 1 N–H and O–H groups in total. The third-order valence-electron chi connectivity index (χ3n) is 3.27. The second-order valence-electron chi connectivity index (χ2n) is 5.42. The van der Waals surface area contributed by atoms with Gasteiger partial charge in [0.05, 0.1) is 6.61 Å². The molecule has 0 saturated carbocycles. The van der Waals surface area contributed by atoms with E-state index < -0.39 is 7.52 Å². The Labute approximate surface area is 138 Å². The Bertz CT molecular complexity index is 653. The van der Waals surface area contributed by atoms with Gasteiger partial charge in [-0.15, -0.1) is 0 Å². The molecule has 0 radical (unpaired) electrons. The number of rotatable bonds is 8. The van der Waals surface area contributed by atoms with Crippen LogP contribution in [0.15, 0.2) is 48.5 Å². The lowest BCUT2D eigenvalue weighted by atomic mass is 10.2. The predicted octanol–water partition coefficient (Wildman–Crippen LogP) is 5.35. The molecule has 2 aromatic carbocycles. The van der Waals surface area contributed by atoms with Crippen LogP contribution in [-0.4, -0.2) is 13.3 Å². The molecular weight excluding hydrogens is 309 g/mol. The summed E-state index contributed by atoms with van der Waals surface area (Å²) in [5, 5.41) is 2.96. The molecular formula is C18H24NO3P. The fourth-order valence-electron chi connectivity index (χ4n) is 2.09. The molecule has 4 nitrogen and oxygen atoms in total. The van der Waals surface area contributed by atoms with Crippen molar-refractivity contribution in [3.05, 3.63) is 54.1 Å². The van der Waals surface area contributed by atoms with Crippen LogP contribution in [0.5, 0.6) is 11.5 Å². The highest BCUT2D eigenvalue weighted by atomic mass is 31.2. The number of hydrogen-bond donors (Lipinski definition) is 1. The lowest BCUT2D eigenvalue weighted by molar-refractivity contribution is 0.317. The molecule has 0 bridgehead atoms. The summed E-state index contributed by atoms with van der Waals surface area (Å²) in [5.74, 6) is 1.41. The van der Waals surface area contributed by atoms with Crippen LogP contribution in [0, 0.1) is 0 Å². The molecule has 0 amide bonds. The van der Waals surface area contributed by atoms with Gasteiger partial charge in [0, 0.05) is 12.4 Å². The molecule has 1 unspecified atom stereocenters. The van der Waals surface area contributed by atoms with E-state index in [1.807, 2.05) is 48.5 Å². The second kappa shape index (κ2) is 8.07. The van der Waals surface area contributed by atoms with Crippen molar-refractivity contribution in [3.8, 4) is 11.5 Å². The van der Waals surface area contributed by atoms with E-state index in [-0.39, 0.29) is 0 Å². The van der Waals surface area contributed by atoms with E-state index in [1.165, 1.54) is 5.56 Å². The normalized spacial score (nSPS) is 13.2. The number of benzene rings is 2. The van der Waals surface area contributed by atoms with Crippen LogP contribution in [0.4, 0.5) is 5.69 Å². The predicted molar refractivity (Wildman–Crippen MR) is 95.8 cm³/mol. The molecule has 0 saturated heterocycles. The first-order valence-corrected chi connectivity index (χ1v) is 9.97. The van der Waals surface area contributed by atoms with Gasteiger partial charge in [0.2, 0.25) is 0 Å². The van der Waals surface area contributed by atoms with Gasteiger partial charge in [-0.1, -0.05) is 26.0 Å². The average molecular weight is 333 g/mol. The fraction of sp³-hybridized carbons (Fsp3) is 0.333. The molecule has 0 aliphatic heterocycles. The molecule has 0 heterocycles. The van der Waals surface area contributed by atoms with E-state index in [4.69, 9.17) is 9.26 Å². The van der Waals surface area contributed by atoms with Crippen LogP contribution >= 0.6 is 7.52 Å². The Morgan fingerprint density at radius 1 is 0.957 bits per heavy atom. The zero-order chi connectivity index (χ0) is 16.7. The van der Waals surface area contributed by atoms with Crippen molar-refractivity contribution in [2.75, 3.05) is 18.4 Å². The van der Waals surface area contributed by atoms with Gasteiger partial charge in [-0.3, -0.25) is 4.57 Å². The summed E-state index contributed by atoms with van der Waals surface area (Å²) in [4.78, 5) is 0. The number of aryl methyl sites for hydroxylation is 1. The number of ether oxygens (including phenoxy) is 1. The number of hydrogen-bond acceptors (Lipinski definition) is 3. The van der Waals surface area contributed by atoms with Crippen LogP contribution < -0.4 is 14.3 Å². The van der Waals surface area contributed by atoms with Gasteiger partial charge in [0.25, 0.3) is 0 Å². The van der Waals surface area contributed by atoms with E-state index in [1.54, 1.807) is 6.66 Å². The number of nitrogens with one attached hydrogen (secondary N) is 1. The summed E-state index contributed by atoms with van der Waals surface area (Å²) in [5.41, 5.74) is 1.96. The van der Waals surface area contributed by atoms with E-state index in [0.717, 1.165) is 24.3 Å². The molecule has 5 heteroatoms. The standard InChI is InChI=1S/C18H24NO3P/c1-4-14-21-17-12-8-16(9-13-17)19-23(3,20)22-18-10-6-15(5-2)7-11-18/h6-13H,4-5,14H2,1-3H3,(H,19,20). The minimum absolute atomic E-state index is 0.600. The maximum Gasteiger partial charge on any atom is 0.338 e. The molecule has 2 rings (SSSR count). The molecule has 23 heavy (non-hydrogen) atoms. The molecule has 0 aliphatic carbocycles. The van der Waals surface area contributed by atoms with Crippen molar-refractivity contribution < 1.29 is 13.8 Å². The van der Waals surface area contributed by atoms with Crippen LogP contribution in [0.3, 0.4) is 0 Å². The Balaban J connectivity index is 1.97. The van der Waals surface area contributed by atoms with E-state index >= 15 is 0 Å². The zero-order valence-electron chi connectivity index (χ0n) is 13.9. The first-order chi connectivity index (χ1) is 11.0. The zero-order valence-corrected chi connectivity index (χ0v) is 14.8. The van der Waals surface area contributed by atoms with Crippen molar-refractivity contribution in [2.24, 2.45) is 0 Å². The SMILES string of the molecule is CCCOc1ccc(NP(C)(=O)Oc2ccc(CC)cc2)cc1. The Kier molecular flexibility index (Phi) is 6.12. The molecule has 0 fully saturated rings. The van der Waals surface area contributed by atoms with Crippen LogP contribution in [0.1, 0.15) is 25.8 Å². The van der Waals surface area contributed by atoms with E-state index in [9.17, 15) is 4.57 Å². The molecule has 124 valence electrons. The van der Waals surface area contributed by atoms with Crippen molar-refractivity contribution in [1.82, 2.24) is 0 Å². The average Bonchev–Trinajstić information content (AvgIpc) is 2.54. The van der Waals surface area contributed by atoms with Gasteiger partial charge in [-0.25, -0.2) is 0 Å². The largest absolute Gasteiger partial charge is 0.494 e. The Hall–Kier alpha value is -1.93. The Morgan fingerprint density at radius 3 is 2.13 bits per heavy atom. The van der Waals surface area contributed by atoms with Gasteiger partial charge in [0.1, 0.15) is 11.5 Å². The van der Waals surface area contributed by atoms with Crippen molar-refractivity contribution in [1.29, 1.82) is 0 Å². The van der Waals surface area contributed by atoms with Gasteiger partial charge in [-0.05, 0) is 54.8 Å². The lowest BCUT2D eigenvalue weighted by Crippen LogP contribution is -2.02. The van der Waals surface area contributed by atoms with Gasteiger partial charge in [-0.2, -0.15) is 0 Å². The second-order valence-corrected chi connectivity index (χ2v) is 7.52. The highest BCUT2D eigenvalue weighted by Crippen LogP contribution is 2.43. The van der Waals surface area contributed by atoms with Gasteiger partial charge in [0.15, 0.2) is 0 Å². The summed E-state index contributed by atoms with van der Waals surface area (Å²) in [6, 6.07) is 15.0. The lowest BCUT2D eigenvalue weighted by Gasteiger charge is -2.18. The molecule has 0 aliphatic rings. The third kappa shape index (κ3) is 5.65. The van der Waals surface area contributed by atoms with E-state index in [2.05, 4.69) is 18.9 Å². The molecule has 0 spiro atoms. The quantitative estimate of drug-likeness (QED) is 0.661. The highest BCUT2D eigenvalue weighted by Gasteiger charge is 2.17. The van der Waals surface area contributed by atoms with Crippen molar-refractivity contribution in [2.45, 2.75) is 26.7 Å². The topological polar surface area (TPSA) is 47.6 Å². The van der Waals surface area contributed by atoms with Crippen molar-refractivity contribution >= 4 is 13.2 Å². The maximum atomic E-state index is 12.6. The number of anilines is 1. The maximum absolute atomic E-state index is 12.6. The summed E-state index contributed by atoms with van der Waals surface area (Å²) < 4.78 is 23.7. The van der Waals surface area contributed by atoms with Crippen LogP contribution in [0.25, 0.3) is 0 Å². The first kappa shape index (κ1) is 17.4. The molecule has 0 aromatic heterocycles. The fourth-order valence-corrected chi connectivity index (χ4v) is 3.28. The monoisotopic (exact) mass is 333 g/mol. The minimum Gasteiger partial charge on any atom is -0.494 e.